The van der Waals surface area contributed by atoms with Crippen molar-refractivity contribution >= 4 is 27.7 Å². The molecule has 3 aromatic rings. The zero-order valence-electron chi connectivity index (χ0n) is 9.42. The fraction of sp³-hybridized carbons (Fsp3) is 0. The van der Waals surface area contributed by atoms with Crippen molar-refractivity contribution in [2.24, 2.45) is 0 Å². The van der Waals surface area contributed by atoms with Crippen LogP contribution in [0.1, 0.15) is 5.56 Å². The number of furan rings is 1. The van der Waals surface area contributed by atoms with Gasteiger partial charge < -0.3 is 9.52 Å². The van der Waals surface area contributed by atoms with E-state index in [1.165, 1.54) is 0 Å². The quantitative estimate of drug-likeness (QED) is 0.512. The minimum absolute atomic E-state index is 0.0373. The van der Waals surface area contributed by atoms with Gasteiger partial charge in [-0.05, 0) is 24.3 Å². The molecular formula is C15H9NO2. The number of fused-ring (bicyclic) bond motifs is 3. The van der Waals surface area contributed by atoms with Crippen LogP contribution in [0.3, 0.4) is 0 Å². The first kappa shape index (κ1) is 10.4. The van der Waals surface area contributed by atoms with Gasteiger partial charge in [-0.25, -0.2) is 0 Å². The highest BCUT2D eigenvalue weighted by molar-refractivity contribution is 6.05. The molecule has 3 heteroatoms. The van der Waals surface area contributed by atoms with Gasteiger partial charge in [-0.15, -0.1) is 0 Å². The predicted molar refractivity (Wildman–Crippen MR) is 69.9 cm³/mol. The number of nitrogens with zero attached hydrogens (tertiary/aromatic N) is 1. The highest BCUT2D eigenvalue weighted by Gasteiger charge is 2.08. The van der Waals surface area contributed by atoms with E-state index in [1.807, 2.05) is 36.4 Å². The molecule has 0 unspecified atom stereocenters. The molecule has 1 heterocycles. The van der Waals surface area contributed by atoms with Crippen molar-refractivity contribution in [3.05, 3.63) is 54.1 Å². The Balaban J connectivity index is 2.32. The number of rotatable bonds is 1. The number of aliphatic hydroxyl groups excluding tert-OH is 1. The van der Waals surface area contributed by atoms with Crippen molar-refractivity contribution in [2.75, 3.05) is 0 Å². The first-order chi connectivity index (χ1) is 8.79. The summed E-state index contributed by atoms with van der Waals surface area (Å²) in [5.41, 5.74) is 2.19. The Labute approximate surface area is 103 Å². The third-order valence-corrected chi connectivity index (χ3v) is 2.87. The maximum absolute atomic E-state index is 9.70. The number of hydrogen-bond donors (Lipinski definition) is 1. The summed E-state index contributed by atoms with van der Waals surface area (Å²) in [6.45, 7) is 0. The summed E-state index contributed by atoms with van der Waals surface area (Å²) in [7, 11) is 0. The highest BCUT2D eigenvalue weighted by atomic mass is 16.3. The summed E-state index contributed by atoms with van der Waals surface area (Å²) in [5.74, 6) is -0.0373. The first-order valence-corrected chi connectivity index (χ1v) is 5.50. The Bertz CT molecular complexity index is 806. The molecular weight excluding hydrogens is 226 g/mol. The maximum atomic E-state index is 9.70. The van der Waals surface area contributed by atoms with E-state index in [0.717, 1.165) is 28.0 Å². The summed E-state index contributed by atoms with van der Waals surface area (Å²) in [6, 6.07) is 14.9. The molecule has 0 aliphatic rings. The van der Waals surface area contributed by atoms with Crippen LogP contribution in [0.4, 0.5) is 0 Å². The molecule has 0 bridgehead atoms. The van der Waals surface area contributed by atoms with Gasteiger partial charge in [-0.1, -0.05) is 18.2 Å². The molecule has 3 rings (SSSR count). The molecule has 0 saturated heterocycles. The van der Waals surface area contributed by atoms with Crippen LogP contribution in [0.5, 0.6) is 0 Å². The molecule has 86 valence electrons. The van der Waals surface area contributed by atoms with Crippen molar-refractivity contribution in [3.63, 3.8) is 0 Å². The highest BCUT2D eigenvalue weighted by Crippen LogP contribution is 2.30. The van der Waals surface area contributed by atoms with Crippen LogP contribution in [-0.4, -0.2) is 5.11 Å². The summed E-state index contributed by atoms with van der Waals surface area (Å²) < 4.78 is 5.68. The number of benzene rings is 2. The Morgan fingerprint density at radius 1 is 1.11 bits per heavy atom. The summed E-state index contributed by atoms with van der Waals surface area (Å²) in [4.78, 5) is 0. The minimum atomic E-state index is -0.0373. The maximum Gasteiger partial charge on any atom is 0.135 e. The van der Waals surface area contributed by atoms with Crippen molar-refractivity contribution in [2.45, 2.75) is 0 Å². The van der Waals surface area contributed by atoms with E-state index in [-0.39, 0.29) is 5.76 Å². The third kappa shape index (κ3) is 1.52. The van der Waals surface area contributed by atoms with E-state index in [1.54, 1.807) is 12.1 Å². The fourth-order valence-corrected chi connectivity index (χ4v) is 2.03. The van der Waals surface area contributed by atoms with Crippen LogP contribution >= 0.6 is 0 Å². The van der Waals surface area contributed by atoms with Gasteiger partial charge in [-0.2, -0.15) is 5.26 Å². The zero-order valence-corrected chi connectivity index (χ0v) is 9.42. The van der Waals surface area contributed by atoms with E-state index in [9.17, 15) is 5.11 Å². The van der Waals surface area contributed by atoms with Crippen LogP contribution < -0.4 is 0 Å². The molecule has 2 aromatic carbocycles. The smallest absolute Gasteiger partial charge is 0.135 e. The topological polar surface area (TPSA) is 57.2 Å². The normalized spacial score (nSPS) is 11.8. The molecule has 0 atom stereocenters. The number of allylic oxidation sites excluding steroid dienone is 1. The van der Waals surface area contributed by atoms with Crippen LogP contribution in [-0.2, 0) is 0 Å². The third-order valence-electron chi connectivity index (χ3n) is 2.87. The predicted octanol–water partition coefficient (Wildman–Crippen LogP) is 4.01. The standard InChI is InChI=1S/C15H9NO2/c16-8-7-13(17)10-5-6-15-12(9-10)11-3-1-2-4-14(11)18-15/h1-7,9,17H/b13-7-. The Hall–Kier alpha value is -2.73. The van der Waals surface area contributed by atoms with Crippen LogP contribution in [0.25, 0.3) is 27.7 Å². The summed E-state index contributed by atoms with van der Waals surface area (Å²) in [5, 5.41) is 20.2. The molecule has 0 spiro atoms. The molecule has 1 aromatic heterocycles. The average Bonchev–Trinajstić information content (AvgIpc) is 2.76. The van der Waals surface area contributed by atoms with Crippen molar-refractivity contribution in [1.29, 1.82) is 5.26 Å². The molecule has 0 aliphatic heterocycles. The summed E-state index contributed by atoms with van der Waals surface area (Å²) >= 11 is 0. The molecule has 0 fully saturated rings. The van der Waals surface area contributed by atoms with Crippen LogP contribution in [0.2, 0.25) is 0 Å². The van der Waals surface area contributed by atoms with E-state index in [2.05, 4.69) is 0 Å². The van der Waals surface area contributed by atoms with Crippen LogP contribution in [0.15, 0.2) is 53.0 Å². The fourth-order valence-electron chi connectivity index (χ4n) is 2.03. The van der Waals surface area contributed by atoms with Gasteiger partial charge in [0.25, 0.3) is 0 Å². The minimum Gasteiger partial charge on any atom is -0.507 e. The van der Waals surface area contributed by atoms with Crippen molar-refractivity contribution < 1.29 is 9.52 Å². The Morgan fingerprint density at radius 2 is 1.89 bits per heavy atom. The van der Waals surface area contributed by atoms with E-state index >= 15 is 0 Å². The Morgan fingerprint density at radius 3 is 2.72 bits per heavy atom. The van der Waals surface area contributed by atoms with Gasteiger partial charge in [0.15, 0.2) is 0 Å². The van der Waals surface area contributed by atoms with Gasteiger partial charge in [0, 0.05) is 16.3 Å². The van der Waals surface area contributed by atoms with E-state index in [4.69, 9.17) is 9.68 Å². The zero-order chi connectivity index (χ0) is 12.5. The van der Waals surface area contributed by atoms with Gasteiger partial charge in [0.1, 0.15) is 16.9 Å². The molecule has 18 heavy (non-hydrogen) atoms. The summed E-state index contributed by atoms with van der Waals surface area (Å²) in [6.07, 6.45) is 1.11. The lowest BCUT2D eigenvalue weighted by Gasteiger charge is -1.98. The number of hydrogen-bond acceptors (Lipinski definition) is 3. The van der Waals surface area contributed by atoms with Gasteiger partial charge in [0.05, 0.1) is 12.1 Å². The monoisotopic (exact) mass is 235 g/mol. The lowest BCUT2D eigenvalue weighted by atomic mass is 10.1. The molecule has 0 aliphatic carbocycles. The molecule has 1 N–H and O–H groups in total. The molecule has 3 nitrogen and oxygen atoms in total. The number of aliphatic hydroxyl groups is 1. The second-order valence-electron chi connectivity index (χ2n) is 3.97. The second-order valence-corrected chi connectivity index (χ2v) is 3.97. The van der Waals surface area contributed by atoms with Crippen molar-refractivity contribution in [1.82, 2.24) is 0 Å². The molecule has 0 amide bonds. The largest absolute Gasteiger partial charge is 0.507 e. The lowest BCUT2D eigenvalue weighted by Crippen LogP contribution is -1.81. The lowest BCUT2D eigenvalue weighted by molar-refractivity contribution is 0.512. The first-order valence-electron chi connectivity index (χ1n) is 5.50. The number of para-hydroxylation sites is 1. The van der Waals surface area contributed by atoms with Crippen LogP contribution in [0, 0.1) is 11.3 Å². The Kier molecular flexibility index (Phi) is 2.28. The SMILES string of the molecule is N#C/C=C(\O)c1ccc2oc3ccccc3c2c1. The van der Waals surface area contributed by atoms with E-state index in [0.29, 0.717) is 5.56 Å². The van der Waals surface area contributed by atoms with Gasteiger partial charge in [-0.3, -0.25) is 0 Å². The van der Waals surface area contributed by atoms with Crippen molar-refractivity contribution in [3.8, 4) is 6.07 Å². The number of nitriles is 1. The van der Waals surface area contributed by atoms with E-state index < -0.39 is 0 Å². The average molecular weight is 235 g/mol. The molecule has 0 radical (unpaired) electrons. The molecule has 0 saturated carbocycles. The van der Waals surface area contributed by atoms with Gasteiger partial charge >= 0.3 is 0 Å². The second kappa shape index (κ2) is 3.94. The van der Waals surface area contributed by atoms with Gasteiger partial charge in [0.2, 0.25) is 0 Å².